The second-order valence-electron chi connectivity index (χ2n) is 5.68. The van der Waals surface area contributed by atoms with Gasteiger partial charge in [-0.3, -0.25) is 14.9 Å². The third-order valence-electron chi connectivity index (χ3n) is 3.72. The summed E-state index contributed by atoms with van der Waals surface area (Å²) in [6.07, 6.45) is 0. The van der Waals surface area contributed by atoms with E-state index in [4.69, 9.17) is 4.74 Å². The zero-order valence-electron chi connectivity index (χ0n) is 14.5. The van der Waals surface area contributed by atoms with Crippen LogP contribution in [0.1, 0.15) is 21.5 Å². The number of methoxy groups -OCH3 is 1. The molecule has 0 bridgehead atoms. The number of ether oxygens (including phenoxy) is 1. The molecule has 2 aromatic carbocycles. The van der Waals surface area contributed by atoms with Crippen molar-refractivity contribution in [1.82, 2.24) is 0 Å². The van der Waals surface area contributed by atoms with Gasteiger partial charge in [-0.25, -0.2) is 0 Å². The van der Waals surface area contributed by atoms with Crippen molar-refractivity contribution in [1.29, 1.82) is 0 Å². The fourth-order valence-corrected chi connectivity index (χ4v) is 2.33. The molecule has 0 aliphatic heterocycles. The van der Waals surface area contributed by atoms with Crippen LogP contribution in [0.2, 0.25) is 0 Å². The zero-order chi connectivity index (χ0) is 18.4. The van der Waals surface area contributed by atoms with Crippen molar-refractivity contribution in [3.8, 4) is 0 Å². The maximum atomic E-state index is 12.4. The molecular weight excluding hydrogens is 322 g/mol. The number of carbonyl (C=O) groups excluding carboxylic acids is 1. The Hall–Kier alpha value is -2.93. The van der Waals surface area contributed by atoms with E-state index in [9.17, 15) is 14.9 Å². The molecule has 0 saturated carbocycles. The Balaban J connectivity index is 2.23. The van der Waals surface area contributed by atoms with Gasteiger partial charge in [-0.1, -0.05) is 12.1 Å². The highest BCUT2D eigenvalue weighted by atomic mass is 16.6. The summed E-state index contributed by atoms with van der Waals surface area (Å²) >= 11 is 0. The number of benzene rings is 2. The van der Waals surface area contributed by atoms with Crippen LogP contribution in [-0.2, 0) is 4.74 Å². The molecule has 7 nitrogen and oxygen atoms in total. The van der Waals surface area contributed by atoms with Crippen molar-refractivity contribution in [2.75, 3.05) is 30.9 Å². The number of nitro groups is 1. The topological polar surface area (TPSA) is 93.5 Å². The van der Waals surface area contributed by atoms with E-state index in [0.717, 1.165) is 11.1 Å². The van der Waals surface area contributed by atoms with Crippen LogP contribution in [0.3, 0.4) is 0 Å². The Morgan fingerprint density at radius 2 is 1.92 bits per heavy atom. The van der Waals surface area contributed by atoms with Gasteiger partial charge in [0, 0.05) is 31.0 Å². The van der Waals surface area contributed by atoms with Gasteiger partial charge in [-0.05, 0) is 43.2 Å². The van der Waals surface area contributed by atoms with E-state index in [1.54, 1.807) is 13.2 Å². The van der Waals surface area contributed by atoms with Crippen LogP contribution in [0, 0.1) is 24.0 Å². The molecule has 132 valence electrons. The number of nitrogens with one attached hydrogen (secondary N) is 2. The standard InChI is InChI=1S/C18H21N3O4/c1-12-4-5-13(2)16(10-12)20-18(22)14-6-7-15(19-8-9-25-3)17(11-14)21(23)24/h4-7,10-11,19H,8-9H2,1-3H3,(H,20,22). The van der Waals surface area contributed by atoms with Gasteiger partial charge in [0.05, 0.1) is 11.5 Å². The largest absolute Gasteiger partial charge is 0.383 e. The van der Waals surface area contributed by atoms with Crippen LogP contribution in [0.5, 0.6) is 0 Å². The number of anilines is 2. The minimum atomic E-state index is -0.510. The Morgan fingerprint density at radius 1 is 1.16 bits per heavy atom. The van der Waals surface area contributed by atoms with Gasteiger partial charge < -0.3 is 15.4 Å². The number of carbonyl (C=O) groups is 1. The van der Waals surface area contributed by atoms with E-state index in [1.807, 2.05) is 32.0 Å². The number of hydrogen-bond donors (Lipinski definition) is 2. The van der Waals surface area contributed by atoms with Crippen LogP contribution < -0.4 is 10.6 Å². The summed E-state index contributed by atoms with van der Waals surface area (Å²) in [5.41, 5.74) is 3.06. The molecule has 0 saturated heterocycles. The second-order valence-corrected chi connectivity index (χ2v) is 5.68. The first-order valence-electron chi connectivity index (χ1n) is 7.82. The molecule has 1 amide bonds. The normalized spacial score (nSPS) is 10.4. The fraction of sp³-hybridized carbons (Fsp3) is 0.278. The Kier molecular flexibility index (Phi) is 6.08. The first-order valence-corrected chi connectivity index (χ1v) is 7.82. The Morgan fingerprint density at radius 3 is 2.60 bits per heavy atom. The van der Waals surface area contributed by atoms with Gasteiger partial charge in [-0.15, -0.1) is 0 Å². The number of nitrogens with zero attached hydrogens (tertiary/aromatic N) is 1. The van der Waals surface area contributed by atoms with Crippen molar-refractivity contribution in [2.24, 2.45) is 0 Å². The Bertz CT molecular complexity index is 790. The molecule has 0 atom stereocenters. The fourth-order valence-electron chi connectivity index (χ4n) is 2.33. The first-order chi connectivity index (χ1) is 11.9. The van der Waals surface area contributed by atoms with Gasteiger partial charge in [0.25, 0.3) is 11.6 Å². The summed E-state index contributed by atoms with van der Waals surface area (Å²) in [5, 5.41) is 17.0. The number of nitro benzene ring substituents is 1. The predicted molar refractivity (Wildman–Crippen MR) is 97.3 cm³/mol. The average Bonchev–Trinajstić information content (AvgIpc) is 2.58. The highest BCUT2D eigenvalue weighted by molar-refractivity contribution is 6.05. The highest BCUT2D eigenvalue weighted by Gasteiger charge is 2.18. The smallest absolute Gasteiger partial charge is 0.293 e. The third kappa shape index (κ3) is 4.77. The minimum Gasteiger partial charge on any atom is -0.383 e. The van der Waals surface area contributed by atoms with E-state index < -0.39 is 4.92 Å². The van der Waals surface area contributed by atoms with E-state index in [1.165, 1.54) is 12.1 Å². The van der Waals surface area contributed by atoms with Gasteiger partial charge in [0.15, 0.2) is 0 Å². The van der Waals surface area contributed by atoms with Gasteiger partial charge in [0.1, 0.15) is 5.69 Å². The van der Waals surface area contributed by atoms with E-state index in [-0.39, 0.29) is 17.2 Å². The molecule has 7 heteroatoms. The maximum absolute atomic E-state index is 12.4. The quantitative estimate of drug-likeness (QED) is 0.456. The molecule has 0 aromatic heterocycles. The highest BCUT2D eigenvalue weighted by Crippen LogP contribution is 2.26. The molecule has 0 radical (unpaired) electrons. The van der Waals surface area contributed by atoms with Gasteiger partial charge >= 0.3 is 0 Å². The minimum absolute atomic E-state index is 0.148. The van der Waals surface area contributed by atoms with Crippen LogP contribution >= 0.6 is 0 Å². The lowest BCUT2D eigenvalue weighted by Gasteiger charge is -2.11. The molecule has 2 N–H and O–H groups in total. The zero-order valence-corrected chi connectivity index (χ0v) is 14.5. The van der Waals surface area contributed by atoms with Crippen molar-refractivity contribution in [2.45, 2.75) is 13.8 Å². The molecule has 0 aliphatic carbocycles. The van der Waals surface area contributed by atoms with E-state index >= 15 is 0 Å². The summed E-state index contributed by atoms with van der Waals surface area (Å²) in [4.78, 5) is 23.2. The van der Waals surface area contributed by atoms with Crippen LogP contribution in [0.15, 0.2) is 36.4 Å². The molecule has 2 rings (SSSR count). The van der Waals surface area contributed by atoms with Crippen LogP contribution in [-0.4, -0.2) is 31.1 Å². The summed E-state index contributed by atoms with van der Waals surface area (Å²) in [6.45, 7) is 4.68. The molecule has 25 heavy (non-hydrogen) atoms. The summed E-state index contributed by atoms with van der Waals surface area (Å²) in [5.74, 6) is -0.389. The van der Waals surface area contributed by atoms with Crippen LogP contribution in [0.25, 0.3) is 0 Å². The average molecular weight is 343 g/mol. The maximum Gasteiger partial charge on any atom is 0.293 e. The molecule has 2 aromatic rings. The number of rotatable bonds is 7. The third-order valence-corrected chi connectivity index (χ3v) is 3.72. The first kappa shape index (κ1) is 18.4. The van der Waals surface area contributed by atoms with Crippen molar-refractivity contribution < 1.29 is 14.5 Å². The monoisotopic (exact) mass is 343 g/mol. The van der Waals surface area contributed by atoms with Crippen molar-refractivity contribution >= 4 is 23.0 Å². The van der Waals surface area contributed by atoms with E-state index in [0.29, 0.717) is 24.5 Å². The molecule has 0 fully saturated rings. The number of hydrogen-bond acceptors (Lipinski definition) is 5. The molecule has 0 aliphatic rings. The van der Waals surface area contributed by atoms with Gasteiger partial charge in [0.2, 0.25) is 0 Å². The Labute approximate surface area is 146 Å². The second kappa shape index (κ2) is 8.25. The summed E-state index contributed by atoms with van der Waals surface area (Å²) in [6, 6.07) is 10.1. The SMILES string of the molecule is COCCNc1ccc(C(=O)Nc2cc(C)ccc2C)cc1[N+](=O)[O-]. The number of amides is 1. The predicted octanol–water partition coefficient (Wildman–Crippen LogP) is 3.52. The molecule has 0 unspecified atom stereocenters. The lowest BCUT2D eigenvalue weighted by Crippen LogP contribution is -2.14. The van der Waals surface area contributed by atoms with Gasteiger partial charge in [-0.2, -0.15) is 0 Å². The molecular formula is C18H21N3O4. The molecule has 0 heterocycles. The molecule has 0 spiro atoms. The number of aryl methyl sites for hydroxylation is 2. The van der Waals surface area contributed by atoms with Crippen molar-refractivity contribution in [3.63, 3.8) is 0 Å². The summed E-state index contributed by atoms with van der Waals surface area (Å²) < 4.78 is 4.92. The lowest BCUT2D eigenvalue weighted by atomic mass is 10.1. The van der Waals surface area contributed by atoms with Crippen molar-refractivity contribution in [3.05, 3.63) is 63.2 Å². The van der Waals surface area contributed by atoms with E-state index in [2.05, 4.69) is 10.6 Å². The summed E-state index contributed by atoms with van der Waals surface area (Å²) in [7, 11) is 1.55. The lowest BCUT2D eigenvalue weighted by molar-refractivity contribution is -0.384. The van der Waals surface area contributed by atoms with Crippen LogP contribution in [0.4, 0.5) is 17.1 Å².